The van der Waals surface area contributed by atoms with E-state index >= 15 is 0 Å². The molecule has 13 rings (SSSR count). The SMILES string of the molecule is CC(C)c1ccccc1[C@@H]1CCCN1C1CC2(CCN(c3ccc(C(=O)NS(=O)(=O)c4cc5c(c([N+](=O)[O-])c4)N[C@H](CN4C[C@H]6C[C@@H]4CO6)CO5)c(N4C[C@H]5COCC[C@@H]5Oc5nc6[nH]ccc6cc54)c3)CC2)C1. The van der Waals surface area contributed by atoms with Crippen LogP contribution in [0.4, 0.5) is 28.4 Å². The topological polar surface area (TPSA) is 197 Å². The molecule has 6 fully saturated rings. The minimum absolute atomic E-state index is 0.0296. The summed E-state index contributed by atoms with van der Waals surface area (Å²) in [7, 11) is -4.69. The Morgan fingerprint density at radius 1 is 0.973 bits per heavy atom. The monoisotopic (exact) mass is 1030 g/mol. The number of benzene rings is 3. The van der Waals surface area contributed by atoms with Gasteiger partial charge in [-0.1, -0.05) is 38.1 Å². The maximum Gasteiger partial charge on any atom is 0.297 e. The molecule has 2 aromatic heterocycles. The van der Waals surface area contributed by atoms with Gasteiger partial charge in [-0.2, -0.15) is 4.98 Å². The summed E-state index contributed by atoms with van der Waals surface area (Å²) in [5, 5.41) is 16.7. The summed E-state index contributed by atoms with van der Waals surface area (Å²) in [4.78, 5) is 44.0. The van der Waals surface area contributed by atoms with Crippen LogP contribution in [0.5, 0.6) is 11.6 Å². The van der Waals surface area contributed by atoms with Crippen LogP contribution in [0, 0.1) is 21.4 Å². The van der Waals surface area contributed by atoms with E-state index in [9.17, 15) is 23.3 Å². The van der Waals surface area contributed by atoms with Crippen LogP contribution < -0.4 is 29.3 Å². The predicted molar refractivity (Wildman–Crippen MR) is 279 cm³/mol. The number of H-pyrrole nitrogens is 1. The number of ether oxygens (including phenoxy) is 4. The Hall–Kier alpha value is -5.99. The van der Waals surface area contributed by atoms with Crippen molar-refractivity contribution in [1.29, 1.82) is 0 Å². The van der Waals surface area contributed by atoms with Crippen LogP contribution in [0.15, 0.2) is 77.8 Å². The van der Waals surface area contributed by atoms with E-state index in [1.165, 1.54) is 42.9 Å². The van der Waals surface area contributed by atoms with Crippen LogP contribution in [0.1, 0.15) is 98.7 Å². The van der Waals surface area contributed by atoms with Crippen LogP contribution in [0.2, 0.25) is 0 Å². The summed E-state index contributed by atoms with van der Waals surface area (Å²) in [6.45, 7) is 11.0. The van der Waals surface area contributed by atoms with Crippen molar-refractivity contribution < 1.29 is 37.1 Å². The molecule has 1 aliphatic carbocycles. The first-order chi connectivity index (χ1) is 35.8. The van der Waals surface area contributed by atoms with Crippen LogP contribution in [-0.4, -0.2) is 135 Å². The molecular formula is C55H65N9O9S. The fourth-order valence-electron chi connectivity index (χ4n) is 13.8. The number of anilines is 4. The Balaban J connectivity index is 0.785. The maximum absolute atomic E-state index is 14.8. The highest BCUT2D eigenvalue weighted by molar-refractivity contribution is 7.90. The van der Waals surface area contributed by atoms with E-state index in [2.05, 4.69) is 67.8 Å². The second kappa shape index (κ2) is 18.7. The van der Waals surface area contributed by atoms with Gasteiger partial charge in [-0.3, -0.25) is 24.7 Å². The predicted octanol–water partition coefficient (Wildman–Crippen LogP) is 7.88. The minimum Gasteiger partial charge on any atom is -0.489 e. The number of nitro benzene ring substituents is 1. The fraction of sp³-hybridized carbons (Fsp3) is 0.527. The van der Waals surface area contributed by atoms with Crippen molar-refractivity contribution in [1.82, 2.24) is 24.5 Å². The molecule has 74 heavy (non-hydrogen) atoms. The Morgan fingerprint density at radius 3 is 2.62 bits per heavy atom. The lowest BCUT2D eigenvalue weighted by molar-refractivity contribution is -0.384. The highest BCUT2D eigenvalue weighted by Crippen LogP contribution is 2.55. The average Bonchev–Trinajstić information content (AvgIpc) is 4.23. The van der Waals surface area contributed by atoms with Gasteiger partial charge in [0.15, 0.2) is 11.4 Å². The molecule has 3 N–H and O–H groups in total. The third-order valence-electron chi connectivity index (χ3n) is 17.7. The van der Waals surface area contributed by atoms with E-state index in [1.54, 1.807) is 6.07 Å². The molecule has 2 bridgehead atoms. The van der Waals surface area contributed by atoms with Crippen molar-refractivity contribution in [3.05, 3.63) is 99.7 Å². The van der Waals surface area contributed by atoms with E-state index in [0.29, 0.717) is 86.3 Å². The number of fused-ring (bicyclic) bond motifs is 6. The lowest BCUT2D eigenvalue weighted by Gasteiger charge is -2.56. The molecule has 1 amide bonds. The molecule has 3 aromatic carbocycles. The molecule has 5 saturated heterocycles. The maximum atomic E-state index is 14.8. The van der Waals surface area contributed by atoms with Gasteiger partial charge in [0.1, 0.15) is 24.0 Å². The first kappa shape index (κ1) is 47.7. The lowest BCUT2D eigenvalue weighted by Crippen LogP contribution is -2.55. The quantitative estimate of drug-likeness (QED) is 0.0853. The number of aromatic nitrogens is 2. The second-order valence-corrected chi connectivity index (χ2v) is 24.2. The molecule has 1 saturated carbocycles. The number of hydrogen-bond donors (Lipinski definition) is 3. The Kier molecular flexibility index (Phi) is 12.0. The zero-order valence-electron chi connectivity index (χ0n) is 42.0. The summed E-state index contributed by atoms with van der Waals surface area (Å²) < 4.78 is 55.7. The third kappa shape index (κ3) is 8.61. The number of nitro groups is 1. The molecule has 18 nitrogen and oxygen atoms in total. The fourth-order valence-corrected chi connectivity index (χ4v) is 14.8. The molecule has 1 spiro atoms. The van der Waals surface area contributed by atoms with Crippen molar-refractivity contribution in [3.63, 3.8) is 0 Å². The van der Waals surface area contributed by atoms with E-state index < -0.39 is 31.4 Å². The van der Waals surface area contributed by atoms with Gasteiger partial charge >= 0.3 is 0 Å². The summed E-state index contributed by atoms with van der Waals surface area (Å²) in [5.41, 5.74) is 5.72. The van der Waals surface area contributed by atoms with Gasteiger partial charge in [0.2, 0.25) is 5.88 Å². The van der Waals surface area contributed by atoms with Crippen molar-refractivity contribution in [3.8, 4) is 11.6 Å². The van der Waals surface area contributed by atoms with Gasteiger partial charge in [0.05, 0.1) is 53.0 Å². The van der Waals surface area contributed by atoms with Crippen LogP contribution >= 0.6 is 0 Å². The number of carbonyl (C=O) groups is 1. The van der Waals surface area contributed by atoms with Crippen molar-refractivity contribution in [2.75, 3.05) is 80.8 Å². The summed E-state index contributed by atoms with van der Waals surface area (Å²) >= 11 is 0. The molecule has 9 heterocycles. The first-order valence-corrected chi connectivity index (χ1v) is 28.2. The molecule has 0 radical (unpaired) electrons. The van der Waals surface area contributed by atoms with Gasteiger partial charge in [-0.15, -0.1) is 0 Å². The van der Waals surface area contributed by atoms with Crippen molar-refractivity contribution in [2.24, 2.45) is 11.3 Å². The van der Waals surface area contributed by atoms with Crippen molar-refractivity contribution in [2.45, 2.75) is 112 Å². The zero-order chi connectivity index (χ0) is 50.5. The minimum atomic E-state index is -4.69. The number of hydrogen-bond acceptors (Lipinski definition) is 15. The number of morpholine rings is 1. The molecule has 8 aliphatic rings. The van der Waals surface area contributed by atoms with Crippen molar-refractivity contribution >= 4 is 55.4 Å². The second-order valence-electron chi connectivity index (χ2n) is 22.5. The van der Waals surface area contributed by atoms with E-state index in [4.69, 9.17) is 23.9 Å². The molecule has 390 valence electrons. The number of aromatic amines is 1. The normalized spacial score (nSPS) is 26.7. The van der Waals surface area contributed by atoms with E-state index in [1.807, 2.05) is 35.4 Å². The molecular weight excluding hydrogens is 963 g/mol. The summed E-state index contributed by atoms with van der Waals surface area (Å²) in [6.07, 6.45) is 10.4. The van der Waals surface area contributed by atoms with Crippen LogP contribution in [0.25, 0.3) is 11.0 Å². The highest BCUT2D eigenvalue weighted by atomic mass is 32.2. The lowest BCUT2D eigenvalue weighted by atomic mass is 9.59. The van der Waals surface area contributed by atoms with Gasteiger partial charge in [-0.25, -0.2) is 13.1 Å². The number of amides is 1. The smallest absolute Gasteiger partial charge is 0.297 e. The Morgan fingerprint density at radius 2 is 1.82 bits per heavy atom. The number of pyridine rings is 1. The molecule has 5 aromatic rings. The first-order valence-electron chi connectivity index (χ1n) is 26.7. The Labute approximate surface area is 431 Å². The number of nitrogens with zero attached hydrogens (tertiary/aromatic N) is 6. The summed E-state index contributed by atoms with van der Waals surface area (Å²) in [5.74, 6) is -0.0614. The van der Waals surface area contributed by atoms with Gasteiger partial charge in [0.25, 0.3) is 21.6 Å². The molecule has 6 atom stereocenters. The van der Waals surface area contributed by atoms with Crippen LogP contribution in [-0.2, 0) is 19.5 Å². The van der Waals surface area contributed by atoms with Gasteiger partial charge in [-0.05, 0) is 104 Å². The van der Waals surface area contributed by atoms with Crippen LogP contribution in [0.3, 0.4) is 0 Å². The van der Waals surface area contributed by atoms with E-state index in [-0.39, 0.29) is 53.2 Å². The number of piperidine rings is 1. The van der Waals surface area contributed by atoms with Gasteiger partial charge < -0.3 is 39.0 Å². The molecule has 7 aliphatic heterocycles. The molecule has 19 heteroatoms. The molecule has 0 unspecified atom stereocenters. The Bertz CT molecular complexity index is 3120. The largest absolute Gasteiger partial charge is 0.489 e. The van der Waals surface area contributed by atoms with Gasteiger partial charge in [0, 0.05) is 92.6 Å². The number of carbonyl (C=O) groups excluding carboxylic acids is 1. The number of sulfonamides is 1. The average molecular weight is 1030 g/mol. The highest BCUT2D eigenvalue weighted by Gasteiger charge is 2.50. The third-order valence-corrected chi connectivity index (χ3v) is 19.0. The number of likely N-dealkylation sites (tertiary alicyclic amines) is 2. The number of rotatable bonds is 11. The zero-order valence-corrected chi connectivity index (χ0v) is 42.9. The number of nitrogens with one attached hydrogen (secondary N) is 3. The van der Waals surface area contributed by atoms with E-state index in [0.717, 1.165) is 62.6 Å². The standard InChI is InChI=1S/C55H65N9O9S/c1-33(2)42-6-3-4-7-43(42)45-8-5-16-62(45)39-25-55(26-39)13-17-60(18-14-55)37-9-10-44(46(22-37)63-27-35-30-70-19-12-49(35)73-54-48(63)20-34-11-15-56-52(34)58-54)53(65)59-74(68,69)41-23-47(64(66)67)51-50(24-41)72-31-36(57-51)28-61-29-40-21-38(61)32-71-40/h3-4,6-7,9-11,15,20,22-24,33,35-36,38-40,45,49,57H,5,8,12-14,16-19,21,25-32H2,1-2H3,(H,56,58)(H,59,65)/t35-,36+,38+,40+,45-,49-/m0/s1. The summed E-state index contributed by atoms with van der Waals surface area (Å²) in [6, 6.07) is 21.9.